The van der Waals surface area contributed by atoms with Gasteiger partial charge in [0, 0.05) is 23.9 Å². The van der Waals surface area contributed by atoms with Gasteiger partial charge in [-0.3, -0.25) is 0 Å². The van der Waals surface area contributed by atoms with Gasteiger partial charge in [0.05, 0.1) is 5.56 Å². The van der Waals surface area contributed by atoms with Crippen molar-refractivity contribution in [3.05, 3.63) is 22.5 Å². The molecule has 0 fully saturated rings. The molecular weight excluding hydrogens is 192 g/mol. The number of hydrogen-bond acceptors (Lipinski definition) is 2. The number of aromatic nitrogens is 1. The van der Waals surface area contributed by atoms with E-state index in [-0.39, 0.29) is 6.04 Å². The van der Waals surface area contributed by atoms with Gasteiger partial charge in [-0.1, -0.05) is 6.92 Å². The van der Waals surface area contributed by atoms with Crippen LogP contribution in [0.4, 0.5) is 0 Å². The first kappa shape index (κ1) is 11.8. The first-order valence-corrected chi connectivity index (χ1v) is 5.14. The van der Waals surface area contributed by atoms with Crippen molar-refractivity contribution >= 4 is 5.97 Å². The van der Waals surface area contributed by atoms with E-state index in [0.717, 1.165) is 17.7 Å². The van der Waals surface area contributed by atoms with E-state index >= 15 is 0 Å². The summed E-state index contributed by atoms with van der Waals surface area (Å²) in [6.45, 7) is 5.62. The average Bonchev–Trinajstić information content (AvgIpc) is 2.41. The number of aromatic carboxylic acids is 1. The molecule has 0 bridgehead atoms. The summed E-state index contributed by atoms with van der Waals surface area (Å²) in [6.07, 6.45) is 1.59. The Morgan fingerprint density at radius 2 is 2.13 bits per heavy atom. The number of H-pyrrole nitrogens is 1. The zero-order valence-electron chi connectivity index (χ0n) is 9.42. The summed E-state index contributed by atoms with van der Waals surface area (Å²) in [5.41, 5.74) is 8.68. The molecule has 0 amide bonds. The minimum absolute atomic E-state index is 0.0865. The average molecular weight is 210 g/mol. The highest BCUT2D eigenvalue weighted by molar-refractivity contribution is 5.91. The number of aryl methyl sites for hydroxylation is 1. The number of nitrogens with one attached hydrogen (secondary N) is 1. The third kappa shape index (κ3) is 2.39. The summed E-state index contributed by atoms with van der Waals surface area (Å²) in [5.74, 6) is -0.877. The molecule has 0 aromatic carbocycles. The van der Waals surface area contributed by atoms with Gasteiger partial charge in [0.2, 0.25) is 0 Å². The van der Waals surface area contributed by atoms with Crippen LogP contribution in [-0.2, 0) is 6.42 Å². The van der Waals surface area contributed by atoms with Crippen molar-refractivity contribution in [2.45, 2.75) is 39.7 Å². The van der Waals surface area contributed by atoms with Gasteiger partial charge in [0.1, 0.15) is 0 Å². The zero-order chi connectivity index (χ0) is 11.6. The molecule has 0 aliphatic rings. The van der Waals surface area contributed by atoms with Crippen molar-refractivity contribution in [1.82, 2.24) is 4.98 Å². The molecular formula is C11H18N2O2. The third-order valence-corrected chi connectivity index (χ3v) is 2.75. The summed E-state index contributed by atoms with van der Waals surface area (Å²) in [4.78, 5) is 14.1. The molecule has 1 aromatic heterocycles. The minimum Gasteiger partial charge on any atom is -0.478 e. The van der Waals surface area contributed by atoms with Crippen molar-refractivity contribution in [1.29, 1.82) is 0 Å². The van der Waals surface area contributed by atoms with E-state index in [2.05, 4.69) is 4.98 Å². The summed E-state index contributed by atoms with van der Waals surface area (Å²) < 4.78 is 0. The zero-order valence-corrected chi connectivity index (χ0v) is 9.42. The summed E-state index contributed by atoms with van der Waals surface area (Å²) in [7, 11) is 0. The van der Waals surface area contributed by atoms with Crippen LogP contribution in [0.1, 0.15) is 40.7 Å². The van der Waals surface area contributed by atoms with Crippen LogP contribution < -0.4 is 5.73 Å². The highest BCUT2D eigenvalue weighted by Crippen LogP contribution is 2.19. The van der Waals surface area contributed by atoms with E-state index in [1.807, 2.05) is 13.8 Å². The van der Waals surface area contributed by atoms with Gasteiger partial charge < -0.3 is 15.8 Å². The Bertz CT molecular complexity index is 369. The molecule has 15 heavy (non-hydrogen) atoms. The molecule has 0 aliphatic heterocycles. The molecule has 0 radical (unpaired) electrons. The molecule has 84 valence electrons. The number of carboxylic acid groups (broad SMARTS) is 1. The molecule has 4 N–H and O–H groups in total. The molecule has 4 heteroatoms. The Labute approximate surface area is 89.5 Å². The van der Waals surface area contributed by atoms with Crippen molar-refractivity contribution in [3.63, 3.8) is 0 Å². The molecule has 0 saturated heterocycles. The van der Waals surface area contributed by atoms with Gasteiger partial charge in [-0.15, -0.1) is 0 Å². The van der Waals surface area contributed by atoms with Gasteiger partial charge >= 0.3 is 5.97 Å². The van der Waals surface area contributed by atoms with Gasteiger partial charge in [0.15, 0.2) is 0 Å². The Balaban J connectivity index is 3.01. The van der Waals surface area contributed by atoms with Gasteiger partial charge in [0.25, 0.3) is 0 Å². The van der Waals surface area contributed by atoms with Crippen LogP contribution in [0.2, 0.25) is 0 Å². The predicted molar refractivity (Wildman–Crippen MR) is 59.2 cm³/mol. The number of carbonyl (C=O) groups is 1. The highest BCUT2D eigenvalue weighted by Gasteiger charge is 2.17. The fourth-order valence-electron chi connectivity index (χ4n) is 1.75. The molecule has 0 saturated carbocycles. The van der Waals surface area contributed by atoms with E-state index in [9.17, 15) is 4.79 Å². The topological polar surface area (TPSA) is 79.1 Å². The summed E-state index contributed by atoms with van der Waals surface area (Å²) in [6, 6.07) is 0.0865. The van der Waals surface area contributed by atoms with Crippen LogP contribution in [0, 0.1) is 13.8 Å². The van der Waals surface area contributed by atoms with Crippen LogP contribution in [0.25, 0.3) is 0 Å². The number of aromatic amines is 1. The van der Waals surface area contributed by atoms with E-state index in [0.29, 0.717) is 17.7 Å². The molecule has 0 aliphatic carbocycles. The molecule has 1 atom stereocenters. The summed E-state index contributed by atoms with van der Waals surface area (Å²) in [5, 5.41) is 9.00. The quantitative estimate of drug-likeness (QED) is 0.706. The lowest BCUT2D eigenvalue weighted by Gasteiger charge is -2.07. The first-order valence-electron chi connectivity index (χ1n) is 5.14. The Morgan fingerprint density at radius 3 is 2.53 bits per heavy atom. The van der Waals surface area contributed by atoms with E-state index in [1.165, 1.54) is 0 Å². The summed E-state index contributed by atoms with van der Waals surface area (Å²) >= 11 is 0. The second-order valence-electron chi connectivity index (χ2n) is 3.91. The second-order valence-corrected chi connectivity index (χ2v) is 3.91. The maximum atomic E-state index is 11.0. The standard InChI is InChI=1S/C11H18N2O2/c1-4-8(12)5-9-6(2)10(11(14)15)7(3)13-9/h8,13H,4-5,12H2,1-3H3,(H,14,15). The largest absolute Gasteiger partial charge is 0.478 e. The number of hydrogen-bond donors (Lipinski definition) is 3. The molecule has 1 unspecified atom stereocenters. The fourth-order valence-corrected chi connectivity index (χ4v) is 1.75. The first-order chi connectivity index (χ1) is 6.97. The smallest absolute Gasteiger partial charge is 0.337 e. The lowest BCUT2D eigenvalue weighted by Crippen LogP contribution is -2.22. The number of rotatable bonds is 4. The Morgan fingerprint density at radius 1 is 1.53 bits per heavy atom. The molecule has 0 spiro atoms. The Hall–Kier alpha value is -1.29. The van der Waals surface area contributed by atoms with Crippen LogP contribution in [0.15, 0.2) is 0 Å². The second kappa shape index (κ2) is 4.49. The van der Waals surface area contributed by atoms with Crippen LogP contribution in [0.3, 0.4) is 0 Å². The molecule has 1 aromatic rings. The molecule has 4 nitrogen and oxygen atoms in total. The molecule has 1 heterocycles. The van der Waals surface area contributed by atoms with Crippen molar-refractivity contribution in [2.75, 3.05) is 0 Å². The SMILES string of the molecule is CCC(N)Cc1[nH]c(C)c(C(=O)O)c1C. The van der Waals surface area contributed by atoms with Crippen molar-refractivity contribution in [2.24, 2.45) is 5.73 Å². The van der Waals surface area contributed by atoms with Gasteiger partial charge in [-0.05, 0) is 25.8 Å². The van der Waals surface area contributed by atoms with Gasteiger partial charge in [-0.2, -0.15) is 0 Å². The third-order valence-electron chi connectivity index (χ3n) is 2.75. The maximum absolute atomic E-state index is 11.0. The van der Waals surface area contributed by atoms with E-state index in [1.54, 1.807) is 6.92 Å². The van der Waals surface area contributed by atoms with Crippen molar-refractivity contribution in [3.8, 4) is 0 Å². The Kier molecular flexibility index (Phi) is 3.52. The van der Waals surface area contributed by atoms with Gasteiger partial charge in [-0.25, -0.2) is 4.79 Å². The van der Waals surface area contributed by atoms with Crippen molar-refractivity contribution < 1.29 is 9.90 Å². The predicted octanol–water partition coefficient (Wildman–Crippen LogP) is 1.61. The number of nitrogens with two attached hydrogens (primary N) is 1. The minimum atomic E-state index is -0.877. The lowest BCUT2D eigenvalue weighted by molar-refractivity contribution is 0.0695. The normalized spacial score (nSPS) is 12.8. The van der Waals surface area contributed by atoms with Crippen LogP contribution >= 0.6 is 0 Å². The van der Waals surface area contributed by atoms with Crippen LogP contribution in [0.5, 0.6) is 0 Å². The van der Waals surface area contributed by atoms with Crippen LogP contribution in [-0.4, -0.2) is 22.1 Å². The van der Waals surface area contributed by atoms with E-state index < -0.39 is 5.97 Å². The maximum Gasteiger partial charge on any atom is 0.337 e. The highest BCUT2D eigenvalue weighted by atomic mass is 16.4. The molecule has 1 rings (SSSR count). The number of carboxylic acids is 1. The lowest BCUT2D eigenvalue weighted by atomic mass is 10.0. The monoisotopic (exact) mass is 210 g/mol. The fraction of sp³-hybridized carbons (Fsp3) is 0.545. The van der Waals surface area contributed by atoms with E-state index in [4.69, 9.17) is 10.8 Å².